The van der Waals surface area contributed by atoms with E-state index in [1.807, 2.05) is 12.1 Å². The number of ether oxygens (including phenoxy) is 3. The van der Waals surface area contributed by atoms with E-state index in [9.17, 15) is 8.78 Å². The van der Waals surface area contributed by atoms with Crippen LogP contribution >= 0.6 is 11.8 Å². The van der Waals surface area contributed by atoms with Crippen molar-refractivity contribution in [2.24, 2.45) is 0 Å². The molecule has 0 spiro atoms. The Labute approximate surface area is 142 Å². The average molecular weight is 357 g/mol. The van der Waals surface area contributed by atoms with E-state index in [4.69, 9.17) is 18.6 Å². The molecule has 130 valence electrons. The fourth-order valence-electron chi connectivity index (χ4n) is 2.16. The van der Waals surface area contributed by atoms with Crippen molar-refractivity contribution in [3.63, 3.8) is 0 Å². The monoisotopic (exact) mass is 357 g/mol. The number of alkyl halides is 2. The number of benzene rings is 1. The van der Waals surface area contributed by atoms with Crippen LogP contribution in [0.2, 0.25) is 0 Å². The molecule has 1 aromatic heterocycles. The highest BCUT2D eigenvalue weighted by Crippen LogP contribution is 2.34. The molecule has 0 bridgehead atoms. The van der Waals surface area contributed by atoms with E-state index in [1.165, 1.54) is 0 Å². The fourth-order valence-corrected chi connectivity index (χ4v) is 2.60. The van der Waals surface area contributed by atoms with Crippen LogP contribution in [0.3, 0.4) is 0 Å². The first-order chi connectivity index (χ1) is 11.7. The number of fused-ring (bicyclic) bond motifs is 1. The zero-order valence-electron chi connectivity index (χ0n) is 12.8. The number of rotatable bonds is 9. The molecule has 3 rings (SSSR count). The molecule has 1 N–H and O–H groups in total. The maximum absolute atomic E-state index is 12.1. The van der Waals surface area contributed by atoms with Gasteiger partial charge < -0.3 is 23.9 Å². The van der Waals surface area contributed by atoms with Crippen molar-refractivity contribution in [3.05, 3.63) is 41.9 Å². The SMILES string of the molecule is FC(F)SCc1ccc(CNCCOc2ccc3c(c2)OCO3)o1. The average Bonchev–Trinajstić information content (AvgIpc) is 3.21. The summed E-state index contributed by atoms with van der Waals surface area (Å²) in [7, 11) is 0. The van der Waals surface area contributed by atoms with Crippen LogP contribution in [0, 0.1) is 0 Å². The first-order valence-corrected chi connectivity index (χ1v) is 8.46. The Morgan fingerprint density at radius 3 is 2.83 bits per heavy atom. The molecule has 8 heteroatoms. The summed E-state index contributed by atoms with van der Waals surface area (Å²) in [4.78, 5) is 0. The van der Waals surface area contributed by atoms with Gasteiger partial charge in [0.15, 0.2) is 11.5 Å². The van der Waals surface area contributed by atoms with Crippen molar-refractivity contribution in [2.45, 2.75) is 18.1 Å². The summed E-state index contributed by atoms with van der Waals surface area (Å²) in [6.07, 6.45) is 0. The molecule has 2 aromatic rings. The van der Waals surface area contributed by atoms with Crippen LogP contribution in [0.4, 0.5) is 8.78 Å². The van der Waals surface area contributed by atoms with Gasteiger partial charge in [-0.15, -0.1) is 0 Å². The van der Waals surface area contributed by atoms with Gasteiger partial charge in [-0.3, -0.25) is 0 Å². The summed E-state index contributed by atoms with van der Waals surface area (Å²) in [6.45, 7) is 1.86. The number of furan rings is 1. The first-order valence-electron chi connectivity index (χ1n) is 7.41. The van der Waals surface area contributed by atoms with E-state index in [2.05, 4.69) is 5.32 Å². The molecular formula is C16H17F2NO4S. The molecule has 5 nitrogen and oxygen atoms in total. The Kier molecular flexibility index (Phi) is 5.81. The van der Waals surface area contributed by atoms with Crippen LogP contribution in [-0.2, 0) is 12.3 Å². The molecule has 0 aliphatic carbocycles. The van der Waals surface area contributed by atoms with Gasteiger partial charge in [0.05, 0.1) is 12.3 Å². The molecular weight excluding hydrogens is 340 g/mol. The van der Waals surface area contributed by atoms with Crippen LogP contribution in [-0.4, -0.2) is 25.7 Å². The number of nitrogens with one attached hydrogen (secondary N) is 1. The molecule has 0 atom stereocenters. The molecule has 0 unspecified atom stereocenters. The van der Waals surface area contributed by atoms with Crippen molar-refractivity contribution in [1.29, 1.82) is 0 Å². The van der Waals surface area contributed by atoms with Crippen LogP contribution < -0.4 is 19.5 Å². The Bertz CT molecular complexity index is 665. The largest absolute Gasteiger partial charge is 0.492 e. The molecule has 0 saturated heterocycles. The van der Waals surface area contributed by atoms with E-state index in [1.54, 1.807) is 18.2 Å². The number of halogens is 2. The zero-order chi connectivity index (χ0) is 16.8. The standard InChI is InChI=1S/C16H17F2NO4S/c17-16(18)24-9-13-2-1-12(23-13)8-19-5-6-20-11-3-4-14-15(7-11)22-10-21-14/h1-4,7,16,19H,5-6,8-10H2. The molecule has 0 fully saturated rings. The highest BCUT2D eigenvalue weighted by Gasteiger charge is 2.13. The van der Waals surface area contributed by atoms with Gasteiger partial charge >= 0.3 is 0 Å². The van der Waals surface area contributed by atoms with Gasteiger partial charge in [0.25, 0.3) is 5.76 Å². The Morgan fingerprint density at radius 2 is 1.96 bits per heavy atom. The molecule has 2 heterocycles. The summed E-state index contributed by atoms with van der Waals surface area (Å²) in [6, 6.07) is 8.93. The molecule has 0 amide bonds. The van der Waals surface area contributed by atoms with Gasteiger partial charge in [0.1, 0.15) is 23.9 Å². The van der Waals surface area contributed by atoms with E-state index in [0.29, 0.717) is 54.5 Å². The summed E-state index contributed by atoms with van der Waals surface area (Å²) in [5, 5.41) is 3.17. The summed E-state index contributed by atoms with van der Waals surface area (Å²) in [5.41, 5.74) is 0. The van der Waals surface area contributed by atoms with E-state index >= 15 is 0 Å². The van der Waals surface area contributed by atoms with Crippen LogP contribution in [0.25, 0.3) is 0 Å². The third-order valence-electron chi connectivity index (χ3n) is 3.26. The second-order valence-electron chi connectivity index (χ2n) is 4.98. The predicted octanol–water partition coefficient (Wildman–Crippen LogP) is 3.63. The molecule has 0 saturated carbocycles. The lowest BCUT2D eigenvalue weighted by molar-refractivity contribution is 0.173. The zero-order valence-corrected chi connectivity index (χ0v) is 13.6. The first kappa shape index (κ1) is 16.9. The van der Waals surface area contributed by atoms with Crippen molar-refractivity contribution in [1.82, 2.24) is 5.32 Å². The Morgan fingerprint density at radius 1 is 1.12 bits per heavy atom. The van der Waals surface area contributed by atoms with Crippen molar-refractivity contribution in [2.75, 3.05) is 19.9 Å². The molecule has 24 heavy (non-hydrogen) atoms. The molecule has 0 radical (unpaired) electrons. The van der Waals surface area contributed by atoms with Crippen molar-refractivity contribution in [3.8, 4) is 17.2 Å². The number of hydrogen-bond donors (Lipinski definition) is 1. The summed E-state index contributed by atoms with van der Waals surface area (Å²) >= 11 is 0.549. The van der Waals surface area contributed by atoms with Gasteiger partial charge in [-0.25, -0.2) is 0 Å². The quantitative estimate of drug-likeness (QED) is 0.692. The minimum absolute atomic E-state index is 0.172. The molecule has 1 aliphatic heterocycles. The molecule has 1 aromatic carbocycles. The van der Waals surface area contributed by atoms with Gasteiger partial charge in [0.2, 0.25) is 6.79 Å². The van der Waals surface area contributed by atoms with Gasteiger partial charge in [0, 0.05) is 12.6 Å². The summed E-state index contributed by atoms with van der Waals surface area (Å²) in [5.74, 6) is 1.17. The third kappa shape index (κ3) is 4.78. The lowest BCUT2D eigenvalue weighted by Gasteiger charge is -2.07. The summed E-state index contributed by atoms with van der Waals surface area (Å²) < 4.78 is 45.8. The van der Waals surface area contributed by atoms with Crippen molar-refractivity contribution < 1.29 is 27.4 Å². The van der Waals surface area contributed by atoms with Crippen molar-refractivity contribution >= 4 is 11.8 Å². The molecule has 1 aliphatic rings. The lowest BCUT2D eigenvalue weighted by atomic mass is 10.3. The van der Waals surface area contributed by atoms with Gasteiger partial charge in [-0.05, 0) is 24.3 Å². The minimum atomic E-state index is -2.38. The van der Waals surface area contributed by atoms with E-state index in [0.717, 1.165) is 5.75 Å². The number of thioether (sulfide) groups is 1. The van der Waals surface area contributed by atoms with Crippen LogP contribution in [0.15, 0.2) is 34.7 Å². The van der Waals surface area contributed by atoms with Gasteiger partial charge in [-0.2, -0.15) is 8.78 Å². The van der Waals surface area contributed by atoms with Gasteiger partial charge in [-0.1, -0.05) is 11.8 Å². The maximum atomic E-state index is 12.1. The lowest BCUT2D eigenvalue weighted by Crippen LogP contribution is -2.20. The smallest absolute Gasteiger partial charge is 0.284 e. The van der Waals surface area contributed by atoms with E-state index in [-0.39, 0.29) is 12.5 Å². The fraction of sp³-hybridized carbons (Fsp3) is 0.375. The second kappa shape index (κ2) is 8.25. The Balaban J connectivity index is 1.34. The third-order valence-corrected chi connectivity index (χ3v) is 3.96. The second-order valence-corrected chi connectivity index (χ2v) is 5.96. The highest BCUT2D eigenvalue weighted by atomic mass is 32.2. The topological polar surface area (TPSA) is 52.9 Å². The van der Waals surface area contributed by atoms with Crippen LogP contribution in [0.5, 0.6) is 17.2 Å². The predicted molar refractivity (Wildman–Crippen MR) is 85.8 cm³/mol. The maximum Gasteiger partial charge on any atom is 0.284 e. The normalized spacial score (nSPS) is 12.8. The minimum Gasteiger partial charge on any atom is -0.492 e. The van der Waals surface area contributed by atoms with Crippen LogP contribution in [0.1, 0.15) is 11.5 Å². The Hall–Kier alpha value is -1.93. The highest BCUT2D eigenvalue weighted by molar-refractivity contribution is 7.98. The number of hydrogen-bond acceptors (Lipinski definition) is 6. The van der Waals surface area contributed by atoms with E-state index < -0.39 is 5.76 Å².